The SMILES string of the molecule is Cc1cccc(S(=O)(=O)Nc2ccccc2C(C)Cl)c1. The summed E-state index contributed by atoms with van der Waals surface area (Å²) >= 11 is 6.07. The van der Waals surface area contributed by atoms with Gasteiger partial charge in [-0.05, 0) is 43.2 Å². The van der Waals surface area contributed by atoms with Crippen LogP contribution >= 0.6 is 11.6 Å². The molecule has 0 radical (unpaired) electrons. The summed E-state index contributed by atoms with van der Waals surface area (Å²) in [5.74, 6) is 0. The minimum Gasteiger partial charge on any atom is -0.279 e. The van der Waals surface area contributed by atoms with Crippen LogP contribution in [-0.2, 0) is 10.0 Å². The highest BCUT2D eigenvalue weighted by Crippen LogP contribution is 2.28. The van der Waals surface area contributed by atoms with Crippen molar-refractivity contribution in [2.24, 2.45) is 0 Å². The zero-order valence-corrected chi connectivity index (χ0v) is 12.9. The summed E-state index contributed by atoms with van der Waals surface area (Å²) in [7, 11) is -3.60. The number of alkyl halides is 1. The van der Waals surface area contributed by atoms with Crippen molar-refractivity contribution in [3.05, 3.63) is 59.7 Å². The van der Waals surface area contributed by atoms with E-state index < -0.39 is 10.0 Å². The second-order valence-electron chi connectivity index (χ2n) is 4.63. The average Bonchev–Trinajstić information content (AvgIpc) is 2.38. The Labute approximate surface area is 124 Å². The quantitative estimate of drug-likeness (QED) is 0.864. The normalized spacial score (nSPS) is 12.9. The van der Waals surface area contributed by atoms with Crippen LogP contribution in [0.5, 0.6) is 0 Å². The molecule has 2 aromatic carbocycles. The van der Waals surface area contributed by atoms with Gasteiger partial charge >= 0.3 is 0 Å². The topological polar surface area (TPSA) is 46.2 Å². The molecule has 1 N–H and O–H groups in total. The molecule has 0 bridgehead atoms. The fourth-order valence-electron chi connectivity index (χ4n) is 1.92. The number of nitrogens with one attached hydrogen (secondary N) is 1. The van der Waals surface area contributed by atoms with Gasteiger partial charge in [-0.2, -0.15) is 0 Å². The second kappa shape index (κ2) is 5.85. The van der Waals surface area contributed by atoms with Crippen LogP contribution in [0.15, 0.2) is 53.4 Å². The number of hydrogen-bond acceptors (Lipinski definition) is 2. The Balaban J connectivity index is 2.39. The van der Waals surface area contributed by atoms with Crippen LogP contribution < -0.4 is 4.72 Å². The zero-order valence-electron chi connectivity index (χ0n) is 11.3. The van der Waals surface area contributed by atoms with Gasteiger partial charge in [0.25, 0.3) is 10.0 Å². The lowest BCUT2D eigenvalue weighted by Crippen LogP contribution is -2.14. The fraction of sp³-hybridized carbons (Fsp3) is 0.200. The molecule has 1 atom stereocenters. The first kappa shape index (κ1) is 14.9. The summed E-state index contributed by atoms with van der Waals surface area (Å²) in [6, 6.07) is 13.9. The number of sulfonamides is 1. The minimum atomic E-state index is -3.60. The van der Waals surface area contributed by atoms with E-state index in [1.807, 2.05) is 25.1 Å². The number of hydrogen-bond donors (Lipinski definition) is 1. The van der Waals surface area contributed by atoms with Crippen molar-refractivity contribution in [2.45, 2.75) is 24.1 Å². The summed E-state index contributed by atoms with van der Waals surface area (Å²) in [6.07, 6.45) is 0. The number of anilines is 1. The maximum atomic E-state index is 12.4. The molecule has 0 amide bonds. The Morgan fingerprint density at radius 2 is 1.80 bits per heavy atom. The standard InChI is InChI=1S/C15H16ClNO2S/c1-11-6-5-7-13(10-11)20(18,19)17-15-9-4-3-8-14(15)12(2)16/h3-10,12,17H,1-2H3. The van der Waals surface area contributed by atoms with Crippen molar-refractivity contribution in [2.75, 3.05) is 4.72 Å². The molecule has 3 nitrogen and oxygen atoms in total. The van der Waals surface area contributed by atoms with Gasteiger partial charge in [0.05, 0.1) is 16.0 Å². The summed E-state index contributed by atoms with van der Waals surface area (Å²) in [5.41, 5.74) is 2.16. The summed E-state index contributed by atoms with van der Waals surface area (Å²) in [4.78, 5) is 0.245. The number of para-hydroxylation sites is 1. The van der Waals surface area contributed by atoms with Crippen molar-refractivity contribution < 1.29 is 8.42 Å². The van der Waals surface area contributed by atoms with E-state index in [0.717, 1.165) is 11.1 Å². The Bertz CT molecular complexity index is 711. The molecule has 2 rings (SSSR count). The number of rotatable bonds is 4. The molecule has 5 heteroatoms. The van der Waals surface area contributed by atoms with Crippen molar-refractivity contribution in [3.63, 3.8) is 0 Å². The molecular weight excluding hydrogens is 294 g/mol. The Morgan fingerprint density at radius 3 is 2.45 bits per heavy atom. The largest absolute Gasteiger partial charge is 0.279 e. The van der Waals surface area contributed by atoms with Gasteiger partial charge in [-0.1, -0.05) is 30.3 Å². The summed E-state index contributed by atoms with van der Waals surface area (Å²) in [6.45, 7) is 3.66. The molecule has 0 aliphatic rings. The van der Waals surface area contributed by atoms with E-state index >= 15 is 0 Å². The van der Waals surface area contributed by atoms with Gasteiger partial charge < -0.3 is 0 Å². The first-order chi connectivity index (χ1) is 9.40. The predicted octanol–water partition coefficient (Wildman–Crippen LogP) is 4.10. The molecule has 0 aliphatic carbocycles. The van der Waals surface area contributed by atoms with Crippen LogP contribution in [0, 0.1) is 6.92 Å². The van der Waals surface area contributed by atoms with Gasteiger partial charge in [0.2, 0.25) is 0 Å². The van der Waals surface area contributed by atoms with E-state index in [0.29, 0.717) is 5.69 Å². The maximum Gasteiger partial charge on any atom is 0.261 e. The Hall–Kier alpha value is -1.52. The van der Waals surface area contributed by atoms with Crippen molar-refractivity contribution in [3.8, 4) is 0 Å². The van der Waals surface area contributed by atoms with E-state index in [1.54, 1.807) is 37.3 Å². The Morgan fingerprint density at radius 1 is 1.10 bits per heavy atom. The van der Waals surface area contributed by atoms with Gasteiger partial charge in [-0.15, -0.1) is 11.6 Å². The fourth-order valence-corrected chi connectivity index (χ4v) is 3.31. The maximum absolute atomic E-state index is 12.4. The molecule has 0 heterocycles. The molecule has 0 spiro atoms. The van der Waals surface area contributed by atoms with Crippen molar-refractivity contribution in [1.82, 2.24) is 0 Å². The second-order valence-corrected chi connectivity index (χ2v) is 6.96. The van der Waals surface area contributed by atoms with E-state index in [4.69, 9.17) is 11.6 Å². The molecule has 2 aromatic rings. The third-order valence-corrected chi connectivity index (χ3v) is 4.53. The Kier molecular flexibility index (Phi) is 4.35. The highest BCUT2D eigenvalue weighted by Gasteiger charge is 2.17. The van der Waals surface area contributed by atoms with Gasteiger partial charge in [0, 0.05) is 0 Å². The smallest absolute Gasteiger partial charge is 0.261 e. The third-order valence-electron chi connectivity index (χ3n) is 2.93. The minimum absolute atomic E-state index is 0.245. The molecule has 106 valence electrons. The van der Waals surface area contributed by atoms with Gasteiger partial charge in [-0.25, -0.2) is 8.42 Å². The summed E-state index contributed by atoms with van der Waals surface area (Å²) in [5, 5.41) is -0.272. The molecule has 0 fully saturated rings. The molecule has 1 unspecified atom stereocenters. The molecular formula is C15H16ClNO2S. The molecule has 0 aliphatic heterocycles. The van der Waals surface area contributed by atoms with E-state index in [1.165, 1.54) is 0 Å². The third kappa shape index (κ3) is 3.32. The average molecular weight is 310 g/mol. The van der Waals surface area contributed by atoms with Crippen molar-refractivity contribution in [1.29, 1.82) is 0 Å². The van der Waals surface area contributed by atoms with E-state index in [2.05, 4.69) is 4.72 Å². The lowest BCUT2D eigenvalue weighted by atomic mass is 10.1. The highest BCUT2D eigenvalue weighted by molar-refractivity contribution is 7.92. The van der Waals surface area contributed by atoms with E-state index in [-0.39, 0.29) is 10.3 Å². The molecule has 0 saturated carbocycles. The first-order valence-corrected chi connectivity index (χ1v) is 8.14. The van der Waals surface area contributed by atoms with Gasteiger partial charge in [0.1, 0.15) is 0 Å². The lowest BCUT2D eigenvalue weighted by Gasteiger charge is -2.14. The predicted molar refractivity (Wildman–Crippen MR) is 82.7 cm³/mol. The van der Waals surface area contributed by atoms with Crippen LogP contribution in [0.3, 0.4) is 0 Å². The molecule has 0 saturated heterocycles. The lowest BCUT2D eigenvalue weighted by molar-refractivity contribution is 0.601. The van der Waals surface area contributed by atoms with Crippen LogP contribution in [0.2, 0.25) is 0 Å². The van der Waals surface area contributed by atoms with Crippen LogP contribution in [0.4, 0.5) is 5.69 Å². The van der Waals surface area contributed by atoms with E-state index in [9.17, 15) is 8.42 Å². The first-order valence-electron chi connectivity index (χ1n) is 6.22. The number of benzene rings is 2. The highest BCUT2D eigenvalue weighted by atomic mass is 35.5. The van der Waals surface area contributed by atoms with Gasteiger partial charge in [-0.3, -0.25) is 4.72 Å². The van der Waals surface area contributed by atoms with Crippen LogP contribution in [-0.4, -0.2) is 8.42 Å². The molecule has 0 aromatic heterocycles. The summed E-state index contributed by atoms with van der Waals surface area (Å²) < 4.78 is 27.3. The van der Waals surface area contributed by atoms with Crippen LogP contribution in [0.25, 0.3) is 0 Å². The number of aryl methyl sites for hydroxylation is 1. The molecule has 20 heavy (non-hydrogen) atoms. The van der Waals surface area contributed by atoms with Crippen LogP contribution in [0.1, 0.15) is 23.4 Å². The number of halogens is 1. The zero-order chi connectivity index (χ0) is 14.8. The van der Waals surface area contributed by atoms with Crippen molar-refractivity contribution >= 4 is 27.3 Å². The van der Waals surface area contributed by atoms with Gasteiger partial charge in [0.15, 0.2) is 0 Å². The monoisotopic (exact) mass is 309 g/mol.